The number of benzene rings is 2. The second kappa shape index (κ2) is 9.21. The van der Waals surface area contributed by atoms with Gasteiger partial charge < -0.3 is 9.72 Å². The number of H-pyrrole nitrogens is 1. The summed E-state index contributed by atoms with van der Waals surface area (Å²) in [5.41, 5.74) is 2.55. The van der Waals surface area contributed by atoms with E-state index in [1.165, 1.54) is 18.3 Å². The first-order chi connectivity index (χ1) is 15.7. The molecule has 33 heavy (non-hydrogen) atoms. The number of nitrogens with zero attached hydrogens (tertiary/aromatic N) is 1. The van der Waals surface area contributed by atoms with E-state index in [-0.39, 0.29) is 30.0 Å². The van der Waals surface area contributed by atoms with Crippen LogP contribution in [0, 0.1) is 12.7 Å². The minimum absolute atomic E-state index is 0.0295. The van der Waals surface area contributed by atoms with Crippen LogP contribution in [0.15, 0.2) is 47.6 Å². The molecule has 8 heteroatoms. The van der Waals surface area contributed by atoms with E-state index < -0.39 is 18.6 Å². The molecule has 0 aliphatic carbocycles. The Labute approximate surface area is 187 Å². The van der Waals surface area contributed by atoms with Gasteiger partial charge in [-0.25, -0.2) is 4.39 Å². The van der Waals surface area contributed by atoms with Crippen LogP contribution >= 0.6 is 0 Å². The number of ketones is 1. The van der Waals surface area contributed by atoms with E-state index >= 15 is 0 Å². The average Bonchev–Trinajstić information content (AvgIpc) is 3.20. The minimum atomic E-state index is -4.57. The van der Waals surface area contributed by atoms with Crippen molar-refractivity contribution in [3.8, 4) is 5.75 Å². The molecule has 0 saturated heterocycles. The molecule has 0 bridgehead atoms. The summed E-state index contributed by atoms with van der Waals surface area (Å²) >= 11 is 0. The standard InChI is InChI=1S/C25H22F4N2O2/c1-15-7-8-16(21(26)12-15)9-10-17-4-2-5-19(23(17)33-14-25(27,28)29)22(32)20-13-31-24-18(20)6-3-11-30-24/h2,4-8,12-13H,3,9-11,14H2,1H3,(H,30,31). The zero-order chi connectivity index (χ0) is 23.6. The topological polar surface area (TPSA) is 54.5 Å². The molecule has 2 heterocycles. The number of rotatable bonds is 7. The van der Waals surface area contributed by atoms with Gasteiger partial charge >= 0.3 is 6.18 Å². The number of hydrogen-bond donors (Lipinski definition) is 1. The first kappa shape index (κ1) is 22.8. The number of alkyl halides is 3. The highest BCUT2D eigenvalue weighted by molar-refractivity contribution is 6.11. The van der Waals surface area contributed by atoms with Crippen LogP contribution < -0.4 is 15.4 Å². The summed E-state index contributed by atoms with van der Waals surface area (Å²) < 4.78 is 58.3. The Kier molecular flexibility index (Phi) is 6.35. The van der Waals surface area contributed by atoms with Crippen LogP contribution in [0.2, 0.25) is 0 Å². The van der Waals surface area contributed by atoms with Crippen LogP contribution in [0.5, 0.6) is 5.75 Å². The van der Waals surface area contributed by atoms with Crippen LogP contribution in [0.25, 0.3) is 6.08 Å². The summed E-state index contributed by atoms with van der Waals surface area (Å²) in [4.78, 5) is 20.6. The molecule has 1 aromatic heterocycles. The van der Waals surface area contributed by atoms with E-state index in [4.69, 9.17) is 4.74 Å². The molecule has 2 aromatic carbocycles. The zero-order valence-electron chi connectivity index (χ0n) is 17.9. The fourth-order valence-corrected chi connectivity index (χ4v) is 3.89. The maximum atomic E-state index is 14.3. The summed E-state index contributed by atoms with van der Waals surface area (Å²) in [6, 6.07) is 9.48. The van der Waals surface area contributed by atoms with Crippen molar-refractivity contribution >= 4 is 11.9 Å². The Morgan fingerprint density at radius 2 is 1.91 bits per heavy atom. The van der Waals surface area contributed by atoms with Gasteiger partial charge in [0.25, 0.3) is 0 Å². The molecule has 1 aliphatic heterocycles. The Bertz CT molecular complexity index is 1310. The first-order valence-corrected chi connectivity index (χ1v) is 10.6. The summed E-state index contributed by atoms with van der Waals surface area (Å²) in [7, 11) is 0. The molecule has 0 atom stereocenters. The third kappa shape index (κ3) is 5.16. The maximum absolute atomic E-state index is 14.3. The molecule has 4 rings (SSSR count). The Morgan fingerprint density at radius 3 is 2.67 bits per heavy atom. The van der Waals surface area contributed by atoms with Crippen molar-refractivity contribution < 1.29 is 27.1 Å². The minimum Gasteiger partial charge on any atom is -0.483 e. The molecule has 0 unspecified atom stereocenters. The van der Waals surface area contributed by atoms with Gasteiger partial charge in [0, 0.05) is 23.5 Å². The van der Waals surface area contributed by atoms with E-state index in [2.05, 4.69) is 9.98 Å². The molecular weight excluding hydrogens is 436 g/mol. The Hall–Kier alpha value is -3.42. The van der Waals surface area contributed by atoms with Crippen molar-refractivity contribution in [1.29, 1.82) is 0 Å². The number of para-hydroxylation sites is 1. The van der Waals surface area contributed by atoms with Crippen LogP contribution in [0.3, 0.4) is 0 Å². The molecule has 0 amide bonds. The number of aromatic amines is 1. The first-order valence-electron chi connectivity index (χ1n) is 10.6. The van der Waals surface area contributed by atoms with Crippen molar-refractivity contribution in [1.82, 2.24) is 4.98 Å². The highest BCUT2D eigenvalue weighted by Crippen LogP contribution is 2.29. The van der Waals surface area contributed by atoms with Gasteiger partial charge in [-0.2, -0.15) is 13.2 Å². The molecule has 4 nitrogen and oxygen atoms in total. The van der Waals surface area contributed by atoms with Crippen molar-refractivity contribution in [3.05, 3.63) is 86.9 Å². The normalized spacial score (nSPS) is 13.1. The SMILES string of the molecule is Cc1ccc(CCc2cccc(C(=O)c3c[nH]c4c3=CCCN=4)c2OCC(F)(F)F)c(F)c1. The lowest BCUT2D eigenvalue weighted by molar-refractivity contribution is -0.153. The number of nitrogens with one attached hydrogen (secondary N) is 1. The lowest BCUT2D eigenvalue weighted by Crippen LogP contribution is -2.30. The number of halogens is 4. The number of aromatic nitrogens is 1. The number of hydrogen-bond acceptors (Lipinski definition) is 3. The second-order valence-corrected chi connectivity index (χ2v) is 7.96. The Balaban J connectivity index is 1.70. The molecule has 1 N–H and O–H groups in total. The highest BCUT2D eigenvalue weighted by Gasteiger charge is 2.30. The van der Waals surface area contributed by atoms with Crippen LogP contribution in [0.1, 0.15) is 39.0 Å². The molecule has 0 fully saturated rings. The molecule has 172 valence electrons. The lowest BCUT2D eigenvalue weighted by atomic mass is 9.96. The number of aryl methyl sites for hydroxylation is 3. The van der Waals surface area contributed by atoms with Gasteiger partial charge in [0.05, 0.1) is 5.56 Å². The van der Waals surface area contributed by atoms with Crippen molar-refractivity contribution in [3.63, 3.8) is 0 Å². The van der Waals surface area contributed by atoms with Crippen molar-refractivity contribution in [2.75, 3.05) is 13.2 Å². The third-order valence-electron chi connectivity index (χ3n) is 5.48. The molecule has 3 aromatic rings. The van der Waals surface area contributed by atoms with E-state index in [9.17, 15) is 22.4 Å². The molecule has 0 saturated carbocycles. The lowest BCUT2D eigenvalue weighted by Gasteiger charge is -2.17. The number of fused-ring (bicyclic) bond motifs is 1. The summed E-state index contributed by atoms with van der Waals surface area (Å²) in [6.07, 6.45) is -0.0486. The van der Waals surface area contributed by atoms with Crippen LogP contribution in [0.4, 0.5) is 17.6 Å². The van der Waals surface area contributed by atoms with Gasteiger partial charge in [-0.3, -0.25) is 9.79 Å². The summed E-state index contributed by atoms with van der Waals surface area (Å²) in [6.45, 7) is 0.845. The van der Waals surface area contributed by atoms with E-state index in [0.29, 0.717) is 40.4 Å². The van der Waals surface area contributed by atoms with E-state index in [0.717, 1.165) is 5.56 Å². The van der Waals surface area contributed by atoms with Gasteiger partial charge in [0.2, 0.25) is 0 Å². The van der Waals surface area contributed by atoms with Crippen LogP contribution in [-0.4, -0.2) is 30.1 Å². The van der Waals surface area contributed by atoms with Crippen molar-refractivity contribution in [2.45, 2.75) is 32.4 Å². The molecule has 0 spiro atoms. The van der Waals surface area contributed by atoms with Gasteiger partial charge in [0.1, 0.15) is 17.1 Å². The smallest absolute Gasteiger partial charge is 0.422 e. The fourth-order valence-electron chi connectivity index (χ4n) is 3.89. The third-order valence-corrected chi connectivity index (χ3v) is 5.48. The molecule has 0 radical (unpaired) electrons. The number of ether oxygens (including phenoxy) is 1. The van der Waals surface area contributed by atoms with E-state index in [1.54, 1.807) is 31.2 Å². The largest absolute Gasteiger partial charge is 0.483 e. The quantitative estimate of drug-likeness (QED) is 0.426. The maximum Gasteiger partial charge on any atom is 0.422 e. The van der Waals surface area contributed by atoms with Gasteiger partial charge in [-0.15, -0.1) is 0 Å². The molecular formula is C25H22F4N2O2. The zero-order valence-corrected chi connectivity index (χ0v) is 17.9. The summed E-state index contributed by atoms with van der Waals surface area (Å²) in [5, 5.41) is 0.639. The predicted octanol–water partition coefficient (Wildman–Crippen LogP) is 4.22. The van der Waals surface area contributed by atoms with Crippen LogP contribution in [-0.2, 0) is 12.8 Å². The van der Waals surface area contributed by atoms with Gasteiger partial charge in [0.15, 0.2) is 12.4 Å². The summed E-state index contributed by atoms with van der Waals surface area (Å²) in [5.74, 6) is -0.963. The predicted molar refractivity (Wildman–Crippen MR) is 115 cm³/mol. The average molecular weight is 458 g/mol. The second-order valence-electron chi connectivity index (χ2n) is 7.96. The Morgan fingerprint density at radius 1 is 1.12 bits per heavy atom. The molecule has 1 aliphatic rings. The highest BCUT2D eigenvalue weighted by atomic mass is 19.4. The number of carbonyl (C=O) groups excluding carboxylic acids is 1. The van der Waals surface area contributed by atoms with Gasteiger partial charge in [-0.05, 0) is 55.0 Å². The fraction of sp³-hybridized carbons (Fsp3) is 0.280. The van der Waals surface area contributed by atoms with Crippen molar-refractivity contribution in [2.24, 2.45) is 4.99 Å². The van der Waals surface area contributed by atoms with Gasteiger partial charge in [-0.1, -0.05) is 30.3 Å². The monoisotopic (exact) mass is 458 g/mol. The van der Waals surface area contributed by atoms with E-state index in [1.807, 2.05) is 6.08 Å². The number of carbonyl (C=O) groups is 1.